The van der Waals surface area contributed by atoms with E-state index in [0.29, 0.717) is 70.6 Å². The number of benzene rings is 1. The van der Waals surface area contributed by atoms with Gasteiger partial charge in [0.05, 0.1) is 17.2 Å². The summed E-state index contributed by atoms with van der Waals surface area (Å²) in [4.78, 5) is 33.5. The Morgan fingerprint density at radius 2 is 1.39 bits per heavy atom. The third-order valence-corrected chi connectivity index (χ3v) is 6.60. The lowest BCUT2D eigenvalue weighted by Gasteiger charge is -2.38. The average molecular weight is 491 g/mol. The number of piperazine rings is 2. The average Bonchev–Trinajstić information content (AvgIpc) is 2.94. The fraction of sp³-hybridized carbons (Fsp3) is 0.400. The van der Waals surface area contributed by atoms with Crippen LogP contribution < -0.4 is 24.3 Å². The molecule has 2 saturated heterocycles. The van der Waals surface area contributed by atoms with E-state index < -0.39 is 0 Å². The zero-order valence-electron chi connectivity index (χ0n) is 20.4. The lowest BCUT2D eigenvalue weighted by atomic mass is 10.2. The van der Waals surface area contributed by atoms with Crippen molar-refractivity contribution in [2.75, 3.05) is 78.6 Å². The van der Waals surface area contributed by atoms with E-state index in [2.05, 4.69) is 30.8 Å². The van der Waals surface area contributed by atoms with Crippen LogP contribution in [0, 0.1) is 10.1 Å². The van der Waals surface area contributed by atoms with Crippen molar-refractivity contribution in [3.05, 3.63) is 65.1 Å². The van der Waals surface area contributed by atoms with Crippen molar-refractivity contribution in [2.45, 2.75) is 6.92 Å². The molecule has 2 fully saturated rings. The van der Waals surface area contributed by atoms with E-state index in [9.17, 15) is 10.1 Å². The highest BCUT2D eigenvalue weighted by molar-refractivity contribution is 5.72. The van der Waals surface area contributed by atoms with Gasteiger partial charge < -0.3 is 24.3 Å². The number of rotatable bonds is 7. The smallest absolute Gasteiger partial charge is 0.353 e. The van der Waals surface area contributed by atoms with Crippen LogP contribution in [0.15, 0.2) is 55.0 Å². The summed E-state index contributed by atoms with van der Waals surface area (Å²) >= 11 is 0. The van der Waals surface area contributed by atoms with Crippen LogP contribution in [0.1, 0.15) is 6.92 Å². The number of anilines is 4. The molecule has 2 aromatic heterocycles. The maximum atomic E-state index is 12.2. The van der Waals surface area contributed by atoms with E-state index in [1.165, 1.54) is 6.33 Å². The SMILES string of the molecule is CCOc1ccccc1N1CCN(c2ncnc(N3CCN(c4ccccn4)CC3)c2[N+](=O)[O-])CC1. The van der Waals surface area contributed by atoms with Crippen LogP contribution in [0.5, 0.6) is 5.75 Å². The molecule has 188 valence electrons. The van der Waals surface area contributed by atoms with E-state index in [1.807, 2.05) is 53.1 Å². The van der Waals surface area contributed by atoms with Gasteiger partial charge in [0, 0.05) is 58.6 Å². The molecular weight excluding hydrogens is 460 g/mol. The second kappa shape index (κ2) is 10.6. The number of aromatic nitrogens is 3. The predicted octanol–water partition coefficient (Wildman–Crippen LogP) is 2.83. The molecule has 0 N–H and O–H groups in total. The third-order valence-electron chi connectivity index (χ3n) is 6.60. The summed E-state index contributed by atoms with van der Waals surface area (Å²) in [7, 11) is 0. The van der Waals surface area contributed by atoms with Crippen molar-refractivity contribution < 1.29 is 9.66 Å². The highest BCUT2D eigenvalue weighted by Crippen LogP contribution is 2.36. The topological polar surface area (TPSA) is 104 Å². The van der Waals surface area contributed by atoms with Gasteiger partial charge >= 0.3 is 5.69 Å². The molecule has 11 heteroatoms. The van der Waals surface area contributed by atoms with Crippen molar-refractivity contribution in [2.24, 2.45) is 0 Å². The molecule has 36 heavy (non-hydrogen) atoms. The Morgan fingerprint density at radius 3 is 1.97 bits per heavy atom. The normalized spacial score (nSPS) is 16.2. The molecule has 0 atom stereocenters. The van der Waals surface area contributed by atoms with Gasteiger partial charge in [-0.25, -0.2) is 15.0 Å². The van der Waals surface area contributed by atoms with Crippen LogP contribution in [0.3, 0.4) is 0 Å². The lowest BCUT2D eigenvalue weighted by molar-refractivity contribution is -0.383. The van der Waals surface area contributed by atoms with Crippen molar-refractivity contribution in [1.82, 2.24) is 15.0 Å². The van der Waals surface area contributed by atoms with Gasteiger partial charge in [0.1, 0.15) is 17.9 Å². The van der Waals surface area contributed by atoms with E-state index in [4.69, 9.17) is 4.74 Å². The first-order chi connectivity index (χ1) is 17.7. The molecule has 11 nitrogen and oxygen atoms in total. The second-order valence-corrected chi connectivity index (χ2v) is 8.66. The van der Waals surface area contributed by atoms with Crippen LogP contribution in [0.2, 0.25) is 0 Å². The Morgan fingerprint density at radius 1 is 0.806 bits per heavy atom. The Kier molecular flexibility index (Phi) is 6.96. The highest BCUT2D eigenvalue weighted by atomic mass is 16.6. The number of nitro groups is 1. The zero-order chi connectivity index (χ0) is 24.9. The number of nitrogens with zero attached hydrogens (tertiary/aromatic N) is 8. The number of hydrogen-bond donors (Lipinski definition) is 0. The molecule has 2 aliphatic heterocycles. The summed E-state index contributed by atoms with van der Waals surface area (Å²) in [6, 6.07) is 13.8. The standard InChI is InChI=1S/C25H30N8O3/c1-2-36-21-8-4-3-7-20(21)29-11-15-31(16-12-29)24-23(33(34)35)25(28-19-27-24)32-17-13-30(14-18-32)22-9-5-6-10-26-22/h3-10,19H,2,11-18H2,1H3. The quantitative estimate of drug-likeness (QED) is 0.363. The first kappa shape index (κ1) is 23.6. The number of hydrogen-bond acceptors (Lipinski definition) is 10. The summed E-state index contributed by atoms with van der Waals surface area (Å²) in [6.45, 7) is 7.90. The molecule has 0 saturated carbocycles. The van der Waals surface area contributed by atoms with Crippen molar-refractivity contribution in [3.63, 3.8) is 0 Å². The Balaban J connectivity index is 1.31. The fourth-order valence-corrected chi connectivity index (χ4v) is 4.83. The molecule has 0 unspecified atom stereocenters. The van der Waals surface area contributed by atoms with Crippen molar-refractivity contribution >= 4 is 28.8 Å². The van der Waals surface area contributed by atoms with Gasteiger partial charge in [-0.2, -0.15) is 0 Å². The van der Waals surface area contributed by atoms with Gasteiger partial charge in [-0.15, -0.1) is 0 Å². The predicted molar refractivity (Wildman–Crippen MR) is 139 cm³/mol. The maximum Gasteiger partial charge on any atom is 0.353 e. The van der Waals surface area contributed by atoms with Crippen molar-refractivity contribution in [1.29, 1.82) is 0 Å². The zero-order valence-corrected chi connectivity index (χ0v) is 20.4. The first-order valence-corrected chi connectivity index (χ1v) is 12.3. The number of ether oxygens (including phenoxy) is 1. The summed E-state index contributed by atoms with van der Waals surface area (Å²) in [6.07, 6.45) is 3.22. The minimum Gasteiger partial charge on any atom is -0.492 e. The molecule has 3 aromatic rings. The molecule has 2 aliphatic rings. The Hall–Kier alpha value is -4.15. The molecule has 0 spiro atoms. The van der Waals surface area contributed by atoms with Crippen LogP contribution in [-0.2, 0) is 0 Å². The Labute approximate surface area is 210 Å². The van der Waals surface area contributed by atoms with Crippen LogP contribution in [-0.4, -0.2) is 78.8 Å². The molecule has 0 amide bonds. The summed E-state index contributed by atoms with van der Waals surface area (Å²) in [5.41, 5.74) is 1.02. The fourth-order valence-electron chi connectivity index (χ4n) is 4.83. The van der Waals surface area contributed by atoms with E-state index in [0.717, 1.165) is 17.3 Å². The molecule has 0 bridgehead atoms. The molecular formula is C25H30N8O3. The van der Waals surface area contributed by atoms with Gasteiger partial charge in [-0.1, -0.05) is 18.2 Å². The minimum absolute atomic E-state index is 0.0213. The molecule has 1 aromatic carbocycles. The first-order valence-electron chi connectivity index (χ1n) is 12.3. The summed E-state index contributed by atoms with van der Waals surface area (Å²) < 4.78 is 5.79. The van der Waals surface area contributed by atoms with Crippen LogP contribution in [0.25, 0.3) is 0 Å². The summed E-state index contributed by atoms with van der Waals surface area (Å²) in [5, 5.41) is 12.2. The molecule has 0 radical (unpaired) electrons. The van der Waals surface area contributed by atoms with E-state index >= 15 is 0 Å². The monoisotopic (exact) mass is 490 g/mol. The highest BCUT2D eigenvalue weighted by Gasteiger charge is 2.33. The largest absolute Gasteiger partial charge is 0.492 e. The maximum absolute atomic E-state index is 12.2. The minimum atomic E-state index is -0.341. The summed E-state index contributed by atoms with van der Waals surface area (Å²) in [5.74, 6) is 2.54. The van der Waals surface area contributed by atoms with E-state index in [-0.39, 0.29) is 10.6 Å². The van der Waals surface area contributed by atoms with Gasteiger partial charge in [0.25, 0.3) is 0 Å². The van der Waals surface area contributed by atoms with Gasteiger partial charge in [-0.05, 0) is 31.2 Å². The molecule has 5 rings (SSSR count). The van der Waals surface area contributed by atoms with Gasteiger partial charge in [0.15, 0.2) is 0 Å². The molecule has 4 heterocycles. The van der Waals surface area contributed by atoms with E-state index in [1.54, 1.807) is 6.20 Å². The second-order valence-electron chi connectivity index (χ2n) is 8.66. The van der Waals surface area contributed by atoms with Gasteiger partial charge in [0.2, 0.25) is 11.6 Å². The Bertz CT molecular complexity index is 1180. The lowest BCUT2D eigenvalue weighted by Crippen LogP contribution is -2.48. The van der Waals surface area contributed by atoms with Crippen LogP contribution >= 0.6 is 0 Å². The number of pyridine rings is 1. The number of para-hydroxylation sites is 2. The van der Waals surface area contributed by atoms with Gasteiger partial charge in [-0.3, -0.25) is 10.1 Å². The van der Waals surface area contributed by atoms with Crippen LogP contribution in [0.4, 0.5) is 28.8 Å². The molecule has 0 aliphatic carbocycles. The third kappa shape index (κ3) is 4.81. The van der Waals surface area contributed by atoms with Crippen molar-refractivity contribution in [3.8, 4) is 5.75 Å².